The van der Waals surface area contributed by atoms with Crippen molar-refractivity contribution in [2.75, 3.05) is 11.5 Å². The van der Waals surface area contributed by atoms with E-state index in [1.54, 1.807) is 6.33 Å². The van der Waals surface area contributed by atoms with Gasteiger partial charge in [-0.25, -0.2) is 4.98 Å². The highest BCUT2D eigenvalue weighted by Gasteiger charge is 2.11. The van der Waals surface area contributed by atoms with Gasteiger partial charge in [0, 0.05) is 0 Å². The topological polar surface area (TPSA) is 80.7 Å². The number of nitrogens with two attached hydrogens (primary N) is 2. The lowest BCUT2D eigenvalue weighted by atomic mass is 10.0. The molecule has 4 heteroatoms. The number of nitrogen functional groups attached to an aromatic ring is 2. The quantitative estimate of drug-likeness (QED) is 0.530. The Morgan fingerprint density at radius 3 is 2.46 bits per heavy atom. The van der Waals surface area contributed by atoms with Crippen LogP contribution in [0.1, 0.15) is 11.1 Å². The largest absolute Gasteiger partial charge is 0.397 e. The first-order valence-corrected chi connectivity index (χ1v) is 4.10. The maximum atomic E-state index is 5.91. The van der Waals surface area contributed by atoms with E-state index < -0.39 is 0 Å². The summed E-state index contributed by atoms with van der Waals surface area (Å²) in [6.07, 6.45) is 1.61. The third-order valence-electron chi connectivity index (χ3n) is 2.53. The predicted octanol–water partition coefficient (Wildman–Crippen LogP) is 1.34. The summed E-state index contributed by atoms with van der Waals surface area (Å²) in [4.78, 5) is 7.10. The van der Waals surface area contributed by atoms with E-state index in [4.69, 9.17) is 11.5 Å². The number of H-pyrrole nitrogens is 1. The summed E-state index contributed by atoms with van der Waals surface area (Å²) < 4.78 is 0. The first kappa shape index (κ1) is 7.91. The zero-order valence-corrected chi connectivity index (χ0v) is 7.68. The highest BCUT2D eigenvalue weighted by Crippen LogP contribution is 2.30. The molecule has 0 atom stereocenters. The maximum Gasteiger partial charge on any atom is 0.114 e. The van der Waals surface area contributed by atoms with Crippen LogP contribution in [0.3, 0.4) is 0 Å². The van der Waals surface area contributed by atoms with Gasteiger partial charge in [0.25, 0.3) is 0 Å². The number of hydrogen-bond acceptors (Lipinski definition) is 3. The molecule has 1 aromatic carbocycles. The van der Waals surface area contributed by atoms with Crippen LogP contribution in [-0.2, 0) is 0 Å². The molecule has 1 aromatic heterocycles. The number of nitrogens with one attached hydrogen (secondary N) is 1. The lowest BCUT2D eigenvalue weighted by Crippen LogP contribution is -1.99. The van der Waals surface area contributed by atoms with Gasteiger partial charge in [0.1, 0.15) is 5.52 Å². The molecule has 1 heterocycles. The Morgan fingerprint density at radius 1 is 1.15 bits per heavy atom. The highest BCUT2D eigenvalue weighted by molar-refractivity contribution is 5.98. The monoisotopic (exact) mass is 176 g/mol. The molecule has 0 unspecified atom stereocenters. The fourth-order valence-corrected chi connectivity index (χ4v) is 1.47. The van der Waals surface area contributed by atoms with Gasteiger partial charge in [-0.3, -0.25) is 0 Å². The van der Waals surface area contributed by atoms with E-state index in [0.29, 0.717) is 5.69 Å². The molecule has 0 aliphatic carbocycles. The van der Waals surface area contributed by atoms with Gasteiger partial charge in [0.05, 0.1) is 23.2 Å². The third kappa shape index (κ3) is 0.884. The van der Waals surface area contributed by atoms with Crippen LogP contribution in [0.2, 0.25) is 0 Å². The van der Waals surface area contributed by atoms with Crippen molar-refractivity contribution in [1.82, 2.24) is 9.97 Å². The summed E-state index contributed by atoms with van der Waals surface area (Å²) in [5.41, 5.74) is 16.9. The summed E-state index contributed by atoms with van der Waals surface area (Å²) in [5, 5.41) is 0. The Balaban J connectivity index is 3.02. The molecule has 0 saturated heterocycles. The molecule has 0 fully saturated rings. The summed E-state index contributed by atoms with van der Waals surface area (Å²) in [5.74, 6) is 0. The van der Waals surface area contributed by atoms with Crippen LogP contribution in [0.15, 0.2) is 6.33 Å². The Morgan fingerprint density at radius 2 is 1.77 bits per heavy atom. The smallest absolute Gasteiger partial charge is 0.114 e. The van der Waals surface area contributed by atoms with Crippen molar-refractivity contribution < 1.29 is 0 Å². The normalized spacial score (nSPS) is 10.9. The molecule has 2 rings (SSSR count). The van der Waals surface area contributed by atoms with Crippen molar-refractivity contribution >= 4 is 22.4 Å². The van der Waals surface area contributed by atoms with Crippen molar-refractivity contribution in [3.63, 3.8) is 0 Å². The van der Waals surface area contributed by atoms with E-state index in [2.05, 4.69) is 9.97 Å². The molecule has 13 heavy (non-hydrogen) atoms. The number of aromatic nitrogens is 2. The molecular weight excluding hydrogens is 164 g/mol. The molecule has 0 amide bonds. The van der Waals surface area contributed by atoms with Crippen LogP contribution < -0.4 is 11.5 Å². The van der Waals surface area contributed by atoms with E-state index in [0.717, 1.165) is 27.8 Å². The zero-order chi connectivity index (χ0) is 9.59. The summed E-state index contributed by atoms with van der Waals surface area (Å²) >= 11 is 0. The number of benzene rings is 1. The number of rotatable bonds is 0. The summed E-state index contributed by atoms with van der Waals surface area (Å²) in [6.45, 7) is 3.91. The third-order valence-corrected chi connectivity index (χ3v) is 2.53. The molecule has 0 aliphatic rings. The molecule has 5 N–H and O–H groups in total. The minimum absolute atomic E-state index is 0.711. The Kier molecular flexibility index (Phi) is 1.45. The number of anilines is 2. The van der Waals surface area contributed by atoms with Gasteiger partial charge in [-0.05, 0) is 25.0 Å². The lowest BCUT2D eigenvalue weighted by Gasteiger charge is -2.08. The van der Waals surface area contributed by atoms with E-state index in [1.807, 2.05) is 13.8 Å². The van der Waals surface area contributed by atoms with E-state index in [1.165, 1.54) is 0 Å². The van der Waals surface area contributed by atoms with Crippen molar-refractivity contribution in [3.05, 3.63) is 17.5 Å². The molecule has 4 nitrogen and oxygen atoms in total. The number of imidazole rings is 1. The van der Waals surface area contributed by atoms with Crippen molar-refractivity contribution in [1.29, 1.82) is 0 Å². The number of fused-ring (bicyclic) bond motifs is 1. The van der Waals surface area contributed by atoms with Crippen molar-refractivity contribution in [3.8, 4) is 0 Å². The van der Waals surface area contributed by atoms with E-state index in [-0.39, 0.29) is 0 Å². The standard InChI is InChI=1S/C9H12N4/c1-4-5(2)7(11)9-8(6(4)10)12-3-13-9/h3H,10-11H2,1-2H3,(H,12,13). The number of aromatic amines is 1. The number of hydrogen-bond donors (Lipinski definition) is 3. The first-order valence-electron chi connectivity index (χ1n) is 4.10. The Hall–Kier alpha value is -1.71. The second-order valence-electron chi connectivity index (χ2n) is 3.20. The zero-order valence-electron chi connectivity index (χ0n) is 7.68. The van der Waals surface area contributed by atoms with Crippen LogP contribution >= 0.6 is 0 Å². The van der Waals surface area contributed by atoms with Gasteiger partial charge in [0.2, 0.25) is 0 Å². The fraction of sp³-hybridized carbons (Fsp3) is 0.222. The van der Waals surface area contributed by atoms with Crippen molar-refractivity contribution in [2.24, 2.45) is 0 Å². The van der Waals surface area contributed by atoms with Gasteiger partial charge < -0.3 is 16.5 Å². The van der Waals surface area contributed by atoms with Gasteiger partial charge in [0.15, 0.2) is 0 Å². The Bertz CT molecular complexity index is 428. The predicted molar refractivity (Wildman–Crippen MR) is 54.4 cm³/mol. The van der Waals surface area contributed by atoms with Crippen LogP contribution in [0.4, 0.5) is 11.4 Å². The fourth-order valence-electron chi connectivity index (χ4n) is 1.47. The molecule has 68 valence electrons. The minimum Gasteiger partial charge on any atom is -0.397 e. The summed E-state index contributed by atoms with van der Waals surface area (Å²) in [7, 11) is 0. The maximum absolute atomic E-state index is 5.91. The lowest BCUT2D eigenvalue weighted by molar-refractivity contribution is 1.34. The minimum atomic E-state index is 0.711. The van der Waals surface area contributed by atoms with Gasteiger partial charge in [-0.15, -0.1) is 0 Å². The Labute approximate surface area is 76.0 Å². The van der Waals surface area contributed by atoms with Crippen LogP contribution in [0.25, 0.3) is 11.0 Å². The molecule has 0 saturated carbocycles. The average Bonchev–Trinajstić information content (AvgIpc) is 2.59. The van der Waals surface area contributed by atoms with Crippen LogP contribution in [-0.4, -0.2) is 9.97 Å². The molecule has 0 spiro atoms. The highest BCUT2D eigenvalue weighted by atomic mass is 14.9. The second-order valence-corrected chi connectivity index (χ2v) is 3.20. The SMILES string of the molecule is Cc1c(C)c(N)c2[nH]cnc2c1N. The first-order chi connectivity index (χ1) is 6.13. The number of nitrogens with zero attached hydrogens (tertiary/aromatic N) is 1. The molecule has 0 aliphatic heterocycles. The second kappa shape index (κ2) is 2.39. The van der Waals surface area contributed by atoms with Crippen LogP contribution in [0.5, 0.6) is 0 Å². The average molecular weight is 176 g/mol. The van der Waals surface area contributed by atoms with Gasteiger partial charge >= 0.3 is 0 Å². The van der Waals surface area contributed by atoms with E-state index in [9.17, 15) is 0 Å². The molecule has 0 radical (unpaired) electrons. The van der Waals surface area contributed by atoms with Gasteiger partial charge in [-0.1, -0.05) is 0 Å². The van der Waals surface area contributed by atoms with Gasteiger partial charge in [-0.2, -0.15) is 0 Å². The van der Waals surface area contributed by atoms with Crippen LogP contribution in [0, 0.1) is 13.8 Å². The van der Waals surface area contributed by atoms with E-state index >= 15 is 0 Å². The van der Waals surface area contributed by atoms with Crippen molar-refractivity contribution in [2.45, 2.75) is 13.8 Å². The summed E-state index contributed by atoms with van der Waals surface area (Å²) in [6, 6.07) is 0. The molecule has 2 aromatic rings. The molecule has 0 bridgehead atoms. The molecular formula is C9H12N4.